The Morgan fingerprint density at radius 1 is 1.10 bits per heavy atom. The molecular formula is C14H8ClNO2S2. The average molecular weight is 322 g/mol. The van der Waals surface area contributed by atoms with Gasteiger partial charge in [-0.15, -0.1) is 11.3 Å². The van der Waals surface area contributed by atoms with Gasteiger partial charge < -0.3 is 0 Å². The van der Waals surface area contributed by atoms with Crippen molar-refractivity contribution < 1.29 is 9.59 Å². The van der Waals surface area contributed by atoms with Gasteiger partial charge in [0, 0.05) is 9.90 Å². The van der Waals surface area contributed by atoms with Crippen molar-refractivity contribution in [3.05, 3.63) is 56.6 Å². The van der Waals surface area contributed by atoms with Crippen LogP contribution >= 0.6 is 34.7 Å². The topological polar surface area (TPSA) is 37.4 Å². The molecule has 3 nitrogen and oxygen atoms in total. The maximum absolute atomic E-state index is 12.3. The quantitative estimate of drug-likeness (QED) is 0.756. The van der Waals surface area contributed by atoms with Gasteiger partial charge in [0.25, 0.3) is 11.1 Å². The SMILES string of the molecule is O=C1S/C(=C\c2cccs2)C(=O)N1c1ccc(Cl)cc1. The third-order valence-corrected chi connectivity index (χ3v) is 4.64. The fraction of sp³-hybridized carbons (Fsp3) is 0. The highest BCUT2D eigenvalue weighted by Gasteiger charge is 2.36. The number of rotatable bonds is 2. The van der Waals surface area contributed by atoms with Gasteiger partial charge in [-0.2, -0.15) is 0 Å². The number of nitrogens with zero attached hydrogens (tertiary/aromatic N) is 1. The first-order valence-electron chi connectivity index (χ1n) is 5.72. The summed E-state index contributed by atoms with van der Waals surface area (Å²) in [7, 11) is 0. The minimum absolute atomic E-state index is 0.292. The van der Waals surface area contributed by atoms with Crippen LogP contribution in [0.5, 0.6) is 0 Å². The van der Waals surface area contributed by atoms with Crippen molar-refractivity contribution in [2.45, 2.75) is 0 Å². The van der Waals surface area contributed by atoms with Crippen LogP contribution in [0.15, 0.2) is 46.7 Å². The van der Waals surface area contributed by atoms with E-state index in [-0.39, 0.29) is 11.1 Å². The van der Waals surface area contributed by atoms with E-state index < -0.39 is 0 Å². The first kappa shape index (κ1) is 13.4. The summed E-state index contributed by atoms with van der Waals surface area (Å²) in [5, 5.41) is 2.20. The monoisotopic (exact) mass is 321 g/mol. The number of imide groups is 1. The fourth-order valence-electron chi connectivity index (χ4n) is 1.78. The van der Waals surface area contributed by atoms with Crippen molar-refractivity contribution >= 4 is 57.6 Å². The lowest BCUT2D eigenvalue weighted by molar-refractivity contribution is -0.113. The van der Waals surface area contributed by atoms with E-state index in [0.717, 1.165) is 16.6 Å². The van der Waals surface area contributed by atoms with Crippen LogP contribution in [0.4, 0.5) is 10.5 Å². The Hall–Kier alpha value is -1.56. The van der Waals surface area contributed by atoms with Crippen LogP contribution in [0, 0.1) is 0 Å². The number of benzene rings is 1. The number of hydrogen-bond donors (Lipinski definition) is 0. The van der Waals surface area contributed by atoms with Crippen LogP contribution < -0.4 is 4.90 Å². The van der Waals surface area contributed by atoms with Gasteiger partial charge in [0.2, 0.25) is 0 Å². The maximum Gasteiger partial charge on any atom is 0.298 e. The third-order valence-electron chi connectivity index (χ3n) is 2.70. The first-order valence-corrected chi connectivity index (χ1v) is 7.79. The second kappa shape index (κ2) is 5.44. The summed E-state index contributed by atoms with van der Waals surface area (Å²) < 4.78 is 0. The van der Waals surface area contributed by atoms with Gasteiger partial charge in [-0.1, -0.05) is 17.7 Å². The summed E-state index contributed by atoms with van der Waals surface area (Å²) in [6.45, 7) is 0. The summed E-state index contributed by atoms with van der Waals surface area (Å²) in [6.07, 6.45) is 1.74. The van der Waals surface area contributed by atoms with Crippen molar-refractivity contribution in [2.75, 3.05) is 4.90 Å². The van der Waals surface area contributed by atoms with Crippen LogP contribution in [0.3, 0.4) is 0 Å². The lowest BCUT2D eigenvalue weighted by Crippen LogP contribution is -2.27. The molecule has 20 heavy (non-hydrogen) atoms. The number of carbonyl (C=O) groups is 2. The third kappa shape index (κ3) is 2.52. The van der Waals surface area contributed by atoms with Crippen LogP contribution in [0.1, 0.15) is 4.88 Å². The Morgan fingerprint density at radius 2 is 1.85 bits per heavy atom. The summed E-state index contributed by atoms with van der Waals surface area (Å²) in [6, 6.07) is 10.4. The molecule has 1 fully saturated rings. The Balaban J connectivity index is 1.93. The predicted octanol–water partition coefficient (Wildman–Crippen LogP) is 4.64. The molecule has 1 aliphatic heterocycles. The zero-order chi connectivity index (χ0) is 14.1. The van der Waals surface area contributed by atoms with Crippen molar-refractivity contribution in [1.82, 2.24) is 0 Å². The molecule has 100 valence electrons. The van der Waals surface area contributed by atoms with Crippen LogP contribution in [0.25, 0.3) is 6.08 Å². The van der Waals surface area contributed by atoms with E-state index in [2.05, 4.69) is 0 Å². The molecule has 0 bridgehead atoms. The van der Waals surface area contributed by atoms with Gasteiger partial charge in [-0.3, -0.25) is 9.59 Å². The Kier molecular flexibility index (Phi) is 3.65. The Bertz CT molecular complexity index is 692. The zero-order valence-electron chi connectivity index (χ0n) is 10.1. The molecule has 2 amide bonds. The fourth-order valence-corrected chi connectivity index (χ4v) is 3.47. The van der Waals surface area contributed by atoms with Gasteiger partial charge >= 0.3 is 0 Å². The highest BCUT2D eigenvalue weighted by atomic mass is 35.5. The second-order valence-corrected chi connectivity index (χ2v) is 6.42. The maximum atomic E-state index is 12.3. The Labute approximate surface area is 128 Å². The van der Waals surface area contributed by atoms with E-state index in [1.165, 1.54) is 16.2 Å². The van der Waals surface area contributed by atoms with Crippen molar-refractivity contribution in [3.8, 4) is 0 Å². The first-order chi connectivity index (χ1) is 9.65. The van der Waals surface area contributed by atoms with Gasteiger partial charge in [-0.05, 0) is 53.5 Å². The van der Waals surface area contributed by atoms with Crippen molar-refractivity contribution in [3.63, 3.8) is 0 Å². The molecule has 0 radical (unpaired) electrons. The molecule has 0 aliphatic carbocycles. The number of thiophene rings is 1. The zero-order valence-corrected chi connectivity index (χ0v) is 12.5. The van der Waals surface area contributed by atoms with Crippen LogP contribution in [-0.2, 0) is 4.79 Å². The number of carbonyl (C=O) groups excluding carboxylic acids is 2. The molecule has 1 aromatic heterocycles. The molecule has 0 unspecified atom stereocenters. The van der Waals surface area contributed by atoms with E-state index in [9.17, 15) is 9.59 Å². The summed E-state index contributed by atoms with van der Waals surface area (Å²) >= 11 is 8.29. The van der Waals surface area contributed by atoms with Crippen molar-refractivity contribution in [2.24, 2.45) is 0 Å². The largest absolute Gasteiger partial charge is 0.298 e. The molecule has 0 saturated carbocycles. The van der Waals surface area contributed by atoms with Crippen LogP contribution in [0.2, 0.25) is 5.02 Å². The molecule has 1 aromatic carbocycles. The minimum atomic E-state index is -0.296. The molecule has 6 heteroatoms. The van der Waals surface area contributed by atoms with E-state index in [1.54, 1.807) is 30.3 Å². The van der Waals surface area contributed by atoms with Gasteiger partial charge in [0.05, 0.1) is 10.6 Å². The van der Waals surface area contributed by atoms with E-state index >= 15 is 0 Å². The van der Waals surface area contributed by atoms with E-state index in [1.807, 2.05) is 17.5 Å². The summed E-state index contributed by atoms with van der Waals surface area (Å²) in [5.74, 6) is -0.296. The number of hydrogen-bond acceptors (Lipinski definition) is 4. The molecule has 3 rings (SSSR count). The number of thioether (sulfide) groups is 1. The molecule has 1 saturated heterocycles. The molecular weight excluding hydrogens is 314 g/mol. The molecule has 0 spiro atoms. The predicted molar refractivity (Wildman–Crippen MR) is 84.2 cm³/mol. The molecule has 0 N–H and O–H groups in total. The van der Waals surface area contributed by atoms with Crippen molar-refractivity contribution in [1.29, 1.82) is 0 Å². The van der Waals surface area contributed by atoms with Gasteiger partial charge in [-0.25, -0.2) is 4.90 Å². The van der Waals surface area contributed by atoms with Gasteiger partial charge in [0.15, 0.2) is 0 Å². The Morgan fingerprint density at radius 3 is 2.50 bits per heavy atom. The number of halogens is 1. The molecule has 2 aromatic rings. The summed E-state index contributed by atoms with van der Waals surface area (Å²) in [4.78, 5) is 26.9. The molecule has 1 aliphatic rings. The van der Waals surface area contributed by atoms with E-state index in [0.29, 0.717) is 15.6 Å². The molecule has 0 atom stereocenters. The highest BCUT2D eigenvalue weighted by Crippen LogP contribution is 2.36. The average Bonchev–Trinajstić information content (AvgIpc) is 3.02. The molecule has 2 heterocycles. The van der Waals surface area contributed by atoms with Gasteiger partial charge in [0.1, 0.15) is 0 Å². The van der Waals surface area contributed by atoms with Crippen LogP contribution in [-0.4, -0.2) is 11.1 Å². The minimum Gasteiger partial charge on any atom is -0.268 e. The summed E-state index contributed by atoms with van der Waals surface area (Å²) in [5.41, 5.74) is 0.534. The smallest absolute Gasteiger partial charge is 0.268 e. The number of amides is 2. The highest BCUT2D eigenvalue weighted by molar-refractivity contribution is 8.19. The number of anilines is 1. The second-order valence-electron chi connectivity index (χ2n) is 4.01. The van der Waals surface area contributed by atoms with E-state index in [4.69, 9.17) is 11.6 Å². The lowest BCUT2D eigenvalue weighted by Gasteiger charge is -2.11. The normalized spacial score (nSPS) is 17.2. The standard InChI is InChI=1S/C14H8ClNO2S2/c15-9-3-5-10(6-4-9)16-13(17)12(20-14(16)18)8-11-2-1-7-19-11/h1-8H/b12-8-. The lowest BCUT2D eigenvalue weighted by atomic mass is 10.3.